The first kappa shape index (κ1) is 15.7. The topological polar surface area (TPSA) is 75.7 Å². The van der Waals surface area contributed by atoms with Gasteiger partial charge in [-0.25, -0.2) is 9.59 Å². The summed E-state index contributed by atoms with van der Waals surface area (Å²) < 4.78 is 5.25. The van der Waals surface area contributed by atoms with E-state index in [1.54, 1.807) is 24.3 Å². The lowest BCUT2D eigenvalue weighted by molar-refractivity contribution is -0.125. The molecular formula is C18H16N2O4. The molecule has 0 spiro atoms. The number of benzene rings is 2. The van der Waals surface area contributed by atoms with E-state index >= 15 is 0 Å². The van der Waals surface area contributed by atoms with E-state index < -0.39 is 12.0 Å². The number of nitrogens with zero attached hydrogens (tertiary/aromatic N) is 1. The number of esters is 1. The number of hydrogen-bond donors (Lipinski definition) is 1. The third-order valence-electron chi connectivity index (χ3n) is 3.68. The average Bonchev–Trinajstić information content (AvgIpc) is 2.93. The second kappa shape index (κ2) is 6.95. The van der Waals surface area contributed by atoms with Crippen LogP contribution in [0.25, 0.3) is 0 Å². The van der Waals surface area contributed by atoms with Crippen molar-refractivity contribution in [1.29, 1.82) is 0 Å². The lowest BCUT2D eigenvalue weighted by Gasteiger charge is -2.12. The van der Waals surface area contributed by atoms with Crippen molar-refractivity contribution in [3.63, 3.8) is 0 Å². The van der Waals surface area contributed by atoms with E-state index in [4.69, 9.17) is 4.74 Å². The summed E-state index contributed by atoms with van der Waals surface area (Å²) in [6, 6.07) is 15.7. The van der Waals surface area contributed by atoms with Gasteiger partial charge in [-0.2, -0.15) is 0 Å². The molecule has 0 atom stereocenters. The van der Waals surface area contributed by atoms with Crippen LogP contribution in [0.15, 0.2) is 54.6 Å². The Balaban J connectivity index is 1.58. The Morgan fingerprint density at radius 2 is 1.71 bits per heavy atom. The molecule has 24 heavy (non-hydrogen) atoms. The standard InChI is InChI=1S/C18H16N2O4/c21-16-10-19-18(23)20(16)11-13-6-8-15(9-7-13)17(22)24-12-14-4-2-1-3-5-14/h1-9H,10-12H2,(H,19,23). The largest absolute Gasteiger partial charge is 0.457 e. The molecule has 0 saturated carbocycles. The Kier molecular flexibility index (Phi) is 4.56. The highest BCUT2D eigenvalue weighted by molar-refractivity contribution is 6.01. The van der Waals surface area contributed by atoms with Crippen molar-refractivity contribution < 1.29 is 19.1 Å². The predicted molar refractivity (Wildman–Crippen MR) is 86.0 cm³/mol. The lowest BCUT2D eigenvalue weighted by Crippen LogP contribution is -2.30. The molecule has 122 valence electrons. The van der Waals surface area contributed by atoms with Crippen molar-refractivity contribution in [2.24, 2.45) is 0 Å². The minimum absolute atomic E-state index is 0.0305. The van der Waals surface area contributed by atoms with E-state index in [0.29, 0.717) is 5.56 Å². The van der Waals surface area contributed by atoms with Gasteiger partial charge in [-0.1, -0.05) is 42.5 Å². The normalized spacial score (nSPS) is 13.8. The van der Waals surface area contributed by atoms with Gasteiger partial charge in [0.1, 0.15) is 6.61 Å². The van der Waals surface area contributed by atoms with E-state index in [-0.39, 0.29) is 25.6 Å². The number of carbonyl (C=O) groups is 3. The van der Waals surface area contributed by atoms with E-state index in [1.165, 1.54) is 0 Å². The van der Waals surface area contributed by atoms with Crippen LogP contribution < -0.4 is 5.32 Å². The Hall–Kier alpha value is -3.15. The first-order valence-corrected chi connectivity index (χ1v) is 7.51. The van der Waals surface area contributed by atoms with Crippen molar-refractivity contribution in [2.75, 3.05) is 6.54 Å². The molecule has 0 bridgehead atoms. The maximum absolute atomic E-state index is 12.0. The molecule has 1 fully saturated rings. The number of nitrogens with one attached hydrogen (secondary N) is 1. The lowest BCUT2D eigenvalue weighted by atomic mass is 10.1. The van der Waals surface area contributed by atoms with Crippen LogP contribution in [0.1, 0.15) is 21.5 Å². The summed E-state index contributed by atoms with van der Waals surface area (Å²) in [7, 11) is 0. The van der Waals surface area contributed by atoms with Gasteiger partial charge in [0.25, 0.3) is 0 Å². The number of carbonyl (C=O) groups excluding carboxylic acids is 3. The quantitative estimate of drug-likeness (QED) is 0.675. The number of ether oxygens (including phenoxy) is 1. The minimum atomic E-state index is -0.416. The Morgan fingerprint density at radius 1 is 1.00 bits per heavy atom. The zero-order valence-electron chi connectivity index (χ0n) is 12.9. The smallest absolute Gasteiger partial charge is 0.338 e. The van der Waals surface area contributed by atoms with Crippen molar-refractivity contribution in [3.8, 4) is 0 Å². The molecule has 1 N–H and O–H groups in total. The van der Waals surface area contributed by atoms with Crippen LogP contribution in [0, 0.1) is 0 Å². The van der Waals surface area contributed by atoms with E-state index in [2.05, 4.69) is 5.32 Å². The molecule has 2 aromatic carbocycles. The summed E-state index contributed by atoms with van der Waals surface area (Å²) in [6.07, 6.45) is 0. The second-order valence-electron chi connectivity index (χ2n) is 5.40. The van der Waals surface area contributed by atoms with Crippen molar-refractivity contribution in [3.05, 3.63) is 71.3 Å². The van der Waals surface area contributed by atoms with Crippen LogP contribution >= 0.6 is 0 Å². The van der Waals surface area contributed by atoms with E-state index in [1.807, 2.05) is 30.3 Å². The number of imide groups is 1. The van der Waals surface area contributed by atoms with Crippen LogP contribution in [0.2, 0.25) is 0 Å². The SMILES string of the molecule is O=C(OCc1ccccc1)c1ccc(CN2C(=O)CNC2=O)cc1. The summed E-state index contributed by atoms with van der Waals surface area (Å²) in [5, 5.41) is 2.46. The third-order valence-corrected chi connectivity index (χ3v) is 3.68. The van der Waals surface area contributed by atoms with Crippen molar-refractivity contribution in [2.45, 2.75) is 13.2 Å². The maximum Gasteiger partial charge on any atom is 0.338 e. The fourth-order valence-corrected chi connectivity index (χ4v) is 2.35. The molecule has 1 aliphatic rings. The molecule has 2 aromatic rings. The highest BCUT2D eigenvalue weighted by Crippen LogP contribution is 2.12. The molecule has 1 aliphatic heterocycles. The zero-order chi connectivity index (χ0) is 16.9. The Bertz CT molecular complexity index is 740. The molecule has 1 saturated heterocycles. The maximum atomic E-state index is 12.0. The van der Waals surface area contributed by atoms with Gasteiger partial charge in [-0.05, 0) is 23.3 Å². The van der Waals surface area contributed by atoms with Crippen LogP contribution in [0.4, 0.5) is 4.79 Å². The molecule has 3 amide bonds. The van der Waals surface area contributed by atoms with Gasteiger partial charge in [-0.3, -0.25) is 9.69 Å². The summed E-state index contributed by atoms with van der Waals surface area (Å²) in [5.41, 5.74) is 2.10. The first-order valence-electron chi connectivity index (χ1n) is 7.51. The molecule has 6 heteroatoms. The molecule has 3 rings (SSSR count). The van der Waals surface area contributed by atoms with Crippen LogP contribution in [-0.4, -0.2) is 29.4 Å². The molecule has 0 aliphatic carbocycles. The van der Waals surface area contributed by atoms with Crippen molar-refractivity contribution in [1.82, 2.24) is 10.2 Å². The molecule has 0 aromatic heterocycles. The van der Waals surface area contributed by atoms with Crippen LogP contribution in [0.5, 0.6) is 0 Å². The summed E-state index contributed by atoms with van der Waals surface area (Å²) in [4.78, 5) is 36.2. The second-order valence-corrected chi connectivity index (χ2v) is 5.40. The zero-order valence-corrected chi connectivity index (χ0v) is 12.9. The molecule has 0 radical (unpaired) electrons. The fraction of sp³-hybridized carbons (Fsp3) is 0.167. The average molecular weight is 324 g/mol. The van der Waals surface area contributed by atoms with Crippen LogP contribution in [-0.2, 0) is 22.7 Å². The highest BCUT2D eigenvalue weighted by atomic mass is 16.5. The molecule has 6 nitrogen and oxygen atoms in total. The number of urea groups is 1. The minimum Gasteiger partial charge on any atom is -0.457 e. The third kappa shape index (κ3) is 3.60. The number of amides is 3. The fourth-order valence-electron chi connectivity index (χ4n) is 2.35. The Labute approximate surface area is 139 Å². The number of hydrogen-bond acceptors (Lipinski definition) is 4. The molecular weight excluding hydrogens is 308 g/mol. The van der Waals surface area contributed by atoms with Gasteiger partial charge < -0.3 is 10.1 Å². The summed E-state index contributed by atoms with van der Waals surface area (Å²) in [5.74, 6) is -0.674. The van der Waals surface area contributed by atoms with Gasteiger partial charge in [0.2, 0.25) is 5.91 Å². The summed E-state index contributed by atoms with van der Waals surface area (Å²) >= 11 is 0. The predicted octanol–water partition coefficient (Wildman–Crippen LogP) is 2.10. The monoisotopic (exact) mass is 324 g/mol. The first-order chi connectivity index (χ1) is 11.6. The van der Waals surface area contributed by atoms with Gasteiger partial charge in [0.15, 0.2) is 0 Å². The van der Waals surface area contributed by atoms with Gasteiger partial charge in [0, 0.05) is 0 Å². The molecule has 1 heterocycles. The summed E-state index contributed by atoms with van der Waals surface area (Å²) in [6.45, 7) is 0.427. The van der Waals surface area contributed by atoms with Gasteiger partial charge >= 0.3 is 12.0 Å². The molecule has 0 unspecified atom stereocenters. The van der Waals surface area contributed by atoms with Crippen molar-refractivity contribution >= 4 is 17.9 Å². The van der Waals surface area contributed by atoms with Gasteiger partial charge in [-0.15, -0.1) is 0 Å². The van der Waals surface area contributed by atoms with Gasteiger partial charge in [0.05, 0.1) is 18.7 Å². The van der Waals surface area contributed by atoms with E-state index in [9.17, 15) is 14.4 Å². The highest BCUT2D eigenvalue weighted by Gasteiger charge is 2.28. The van der Waals surface area contributed by atoms with Crippen LogP contribution in [0.3, 0.4) is 0 Å². The number of rotatable bonds is 5. The Morgan fingerprint density at radius 3 is 2.33 bits per heavy atom. The van der Waals surface area contributed by atoms with E-state index in [0.717, 1.165) is 16.0 Å².